The predicted octanol–water partition coefficient (Wildman–Crippen LogP) is 2.60. The largest absolute Gasteiger partial charge is 0.444 e. The van der Waals surface area contributed by atoms with Crippen LogP contribution in [0.1, 0.15) is 59.8 Å². The van der Waals surface area contributed by atoms with Crippen LogP contribution in [0, 0.1) is 5.92 Å². The van der Waals surface area contributed by atoms with E-state index < -0.39 is 17.2 Å². The van der Waals surface area contributed by atoms with Crippen molar-refractivity contribution in [1.82, 2.24) is 5.32 Å². The number of hydrogen-bond donors (Lipinski definition) is 3. The van der Waals surface area contributed by atoms with Gasteiger partial charge in [0.15, 0.2) is 5.84 Å². The van der Waals surface area contributed by atoms with Crippen molar-refractivity contribution in [2.24, 2.45) is 16.8 Å². The van der Waals surface area contributed by atoms with Crippen LogP contribution in [0.2, 0.25) is 0 Å². The molecule has 0 saturated heterocycles. The first-order valence-electron chi connectivity index (χ1n) is 7.21. The van der Waals surface area contributed by atoms with E-state index in [2.05, 4.69) is 17.4 Å². The van der Waals surface area contributed by atoms with Crippen molar-refractivity contribution in [2.75, 3.05) is 0 Å². The molecule has 1 saturated carbocycles. The first-order chi connectivity index (χ1) is 9.22. The van der Waals surface area contributed by atoms with E-state index in [1.54, 1.807) is 20.8 Å². The smallest absolute Gasteiger partial charge is 0.408 e. The lowest BCUT2D eigenvalue weighted by Gasteiger charge is -2.39. The van der Waals surface area contributed by atoms with E-state index in [-0.39, 0.29) is 5.84 Å². The summed E-state index contributed by atoms with van der Waals surface area (Å²) in [6.45, 7) is 7.56. The predicted molar refractivity (Wildman–Crippen MR) is 77.8 cm³/mol. The second kappa shape index (κ2) is 6.33. The van der Waals surface area contributed by atoms with Gasteiger partial charge in [0.25, 0.3) is 0 Å². The average molecular weight is 285 g/mol. The highest BCUT2D eigenvalue weighted by molar-refractivity contribution is 5.92. The summed E-state index contributed by atoms with van der Waals surface area (Å²) in [5, 5.41) is 14.9. The number of carbonyl (C=O) groups excluding carboxylic acids is 1. The second-order valence-corrected chi connectivity index (χ2v) is 6.55. The number of nitrogens with two attached hydrogens (primary N) is 1. The van der Waals surface area contributed by atoms with Gasteiger partial charge in [-0.1, -0.05) is 18.5 Å². The molecule has 4 N–H and O–H groups in total. The number of nitrogens with one attached hydrogen (secondary N) is 1. The quantitative estimate of drug-likeness (QED) is 0.321. The minimum Gasteiger partial charge on any atom is -0.444 e. The highest BCUT2D eigenvalue weighted by atomic mass is 16.6. The summed E-state index contributed by atoms with van der Waals surface area (Å²) < 4.78 is 5.27. The van der Waals surface area contributed by atoms with E-state index in [1.165, 1.54) is 0 Å². The Balaban J connectivity index is 2.79. The zero-order valence-electron chi connectivity index (χ0n) is 12.9. The molecule has 0 unspecified atom stereocenters. The van der Waals surface area contributed by atoms with Crippen LogP contribution in [0.3, 0.4) is 0 Å². The van der Waals surface area contributed by atoms with Gasteiger partial charge >= 0.3 is 6.09 Å². The van der Waals surface area contributed by atoms with Crippen LogP contribution < -0.4 is 11.1 Å². The lowest BCUT2D eigenvalue weighted by molar-refractivity contribution is 0.0456. The van der Waals surface area contributed by atoms with Gasteiger partial charge < -0.3 is 21.0 Å². The first kappa shape index (κ1) is 16.6. The van der Waals surface area contributed by atoms with Gasteiger partial charge in [0.05, 0.1) is 0 Å². The van der Waals surface area contributed by atoms with Crippen molar-refractivity contribution in [3.63, 3.8) is 0 Å². The minimum atomic E-state index is -0.789. The summed E-state index contributed by atoms with van der Waals surface area (Å²) in [5.41, 5.74) is 4.45. The Morgan fingerprint density at radius 1 is 1.45 bits per heavy atom. The molecule has 20 heavy (non-hydrogen) atoms. The maximum Gasteiger partial charge on any atom is 0.408 e. The lowest BCUT2D eigenvalue weighted by Crippen LogP contribution is -2.59. The molecule has 0 spiro atoms. The highest BCUT2D eigenvalue weighted by Crippen LogP contribution is 2.34. The zero-order valence-corrected chi connectivity index (χ0v) is 12.9. The van der Waals surface area contributed by atoms with Crippen molar-refractivity contribution >= 4 is 11.9 Å². The summed E-state index contributed by atoms with van der Waals surface area (Å²) in [7, 11) is 0. The maximum absolute atomic E-state index is 12.0. The van der Waals surface area contributed by atoms with E-state index in [0.29, 0.717) is 18.8 Å². The standard InChI is InChI=1S/C14H27N3O3/c1-5-10-6-8-14(9-7-10,11(15)17-19)16-12(18)20-13(2,3)4/h10,19H,5-9H2,1-4H3,(H2,15,17)(H,16,18). The van der Waals surface area contributed by atoms with E-state index in [4.69, 9.17) is 15.7 Å². The monoisotopic (exact) mass is 285 g/mol. The Kier molecular flexibility index (Phi) is 5.25. The fourth-order valence-electron chi connectivity index (χ4n) is 2.62. The van der Waals surface area contributed by atoms with E-state index >= 15 is 0 Å². The number of amides is 1. The number of ether oxygens (including phenoxy) is 1. The molecule has 0 aromatic carbocycles. The van der Waals surface area contributed by atoms with Gasteiger partial charge in [0.2, 0.25) is 0 Å². The molecule has 1 amide bonds. The Morgan fingerprint density at radius 2 is 2.00 bits per heavy atom. The molecule has 6 heteroatoms. The zero-order chi connectivity index (χ0) is 15.4. The van der Waals surface area contributed by atoms with Gasteiger partial charge in [0.1, 0.15) is 11.1 Å². The molecule has 116 valence electrons. The highest BCUT2D eigenvalue weighted by Gasteiger charge is 2.41. The summed E-state index contributed by atoms with van der Waals surface area (Å²) in [5.74, 6) is 0.688. The average Bonchev–Trinajstić information content (AvgIpc) is 2.36. The van der Waals surface area contributed by atoms with Gasteiger partial charge in [-0.15, -0.1) is 0 Å². The molecule has 0 atom stereocenters. The first-order valence-corrected chi connectivity index (χ1v) is 7.21. The third-order valence-corrected chi connectivity index (χ3v) is 3.87. The Morgan fingerprint density at radius 3 is 2.40 bits per heavy atom. The molecule has 1 aliphatic rings. The van der Waals surface area contributed by atoms with Crippen LogP contribution in [0.15, 0.2) is 5.16 Å². The SMILES string of the molecule is CCC1CCC(NC(=O)OC(C)(C)C)(C(N)=NO)CC1. The molecule has 1 aliphatic carbocycles. The van der Waals surface area contributed by atoms with Crippen LogP contribution in [0.4, 0.5) is 4.79 Å². The Labute approximate surface area is 120 Å². The molecule has 1 rings (SSSR count). The van der Waals surface area contributed by atoms with Crippen molar-refractivity contribution in [3.8, 4) is 0 Å². The summed E-state index contributed by atoms with van der Waals surface area (Å²) in [6, 6.07) is 0. The molecule has 6 nitrogen and oxygen atoms in total. The van der Waals surface area contributed by atoms with Gasteiger partial charge in [-0.05, 0) is 52.4 Å². The van der Waals surface area contributed by atoms with E-state index in [9.17, 15) is 4.79 Å². The van der Waals surface area contributed by atoms with Crippen LogP contribution in [0.25, 0.3) is 0 Å². The number of nitrogens with zero attached hydrogens (tertiary/aromatic N) is 1. The number of alkyl carbamates (subject to hydrolysis) is 1. The number of hydrogen-bond acceptors (Lipinski definition) is 4. The lowest BCUT2D eigenvalue weighted by atomic mass is 9.75. The number of amidine groups is 1. The number of rotatable bonds is 3. The van der Waals surface area contributed by atoms with Gasteiger partial charge in [-0.3, -0.25) is 0 Å². The number of carbonyl (C=O) groups is 1. The van der Waals surface area contributed by atoms with Crippen molar-refractivity contribution < 1.29 is 14.7 Å². The van der Waals surface area contributed by atoms with Crippen LogP contribution in [-0.4, -0.2) is 28.3 Å². The molecular weight excluding hydrogens is 258 g/mol. The molecule has 0 heterocycles. The Bertz CT molecular complexity index is 366. The fourth-order valence-corrected chi connectivity index (χ4v) is 2.62. The Hall–Kier alpha value is -1.46. The van der Waals surface area contributed by atoms with Gasteiger partial charge in [-0.2, -0.15) is 0 Å². The van der Waals surface area contributed by atoms with Crippen LogP contribution in [0.5, 0.6) is 0 Å². The third kappa shape index (κ3) is 4.28. The fraction of sp³-hybridized carbons (Fsp3) is 0.857. The van der Waals surface area contributed by atoms with Gasteiger partial charge in [0, 0.05) is 0 Å². The van der Waals surface area contributed by atoms with Crippen molar-refractivity contribution in [1.29, 1.82) is 0 Å². The summed E-state index contributed by atoms with van der Waals surface area (Å²) >= 11 is 0. The minimum absolute atomic E-state index is 0.0536. The van der Waals surface area contributed by atoms with Crippen molar-refractivity contribution in [2.45, 2.75) is 70.9 Å². The molecule has 0 aliphatic heterocycles. The summed E-state index contributed by atoms with van der Waals surface area (Å²) in [6.07, 6.45) is 3.81. The molecular formula is C14H27N3O3. The molecule has 1 fully saturated rings. The van der Waals surface area contributed by atoms with Crippen LogP contribution >= 0.6 is 0 Å². The maximum atomic E-state index is 12.0. The second-order valence-electron chi connectivity index (χ2n) is 6.55. The van der Waals surface area contributed by atoms with Crippen molar-refractivity contribution in [3.05, 3.63) is 0 Å². The number of oxime groups is 1. The normalized spacial score (nSPS) is 28.0. The molecule has 0 bridgehead atoms. The van der Waals surface area contributed by atoms with E-state index in [1.807, 2.05) is 0 Å². The molecule has 0 radical (unpaired) electrons. The topological polar surface area (TPSA) is 96.9 Å². The summed E-state index contributed by atoms with van der Waals surface area (Å²) in [4.78, 5) is 12.0. The molecule has 0 aromatic rings. The van der Waals surface area contributed by atoms with E-state index in [0.717, 1.165) is 19.3 Å². The molecule has 0 aromatic heterocycles. The van der Waals surface area contributed by atoms with Crippen LogP contribution in [-0.2, 0) is 4.74 Å². The third-order valence-electron chi connectivity index (χ3n) is 3.87. The van der Waals surface area contributed by atoms with Gasteiger partial charge in [-0.25, -0.2) is 4.79 Å².